The predicted octanol–water partition coefficient (Wildman–Crippen LogP) is 7.67. The fourth-order valence-corrected chi connectivity index (χ4v) is 4.29. The molecule has 5 nitrogen and oxygen atoms in total. The van der Waals surface area contributed by atoms with E-state index in [4.69, 9.17) is 4.74 Å². The summed E-state index contributed by atoms with van der Waals surface area (Å²) < 4.78 is 38.3. The van der Waals surface area contributed by atoms with Crippen LogP contribution in [-0.4, -0.2) is 18.1 Å². The van der Waals surface area contributed by atoms with Crippen LogP contribution in [0.25, 0.3) is 0 Å². The number of hydrogen-bond donors (Lipinski definition) is 2. The number of aryl methyl sites for hydroxylation is 1. The molecule has 0 radical (unpaired) electrons. The quantitative estimate of drug-likeness (QED) is 0.197. The Labute approximate surface area is 193 Å². The van der Waals surface area contributed by atoms with Gasteiger partial charge in [0, 0.05) is 6.07 Å². The number of benzene rings is 2. The van der Waals surface area contributed by atoms with Gasteiger partial charge in [0.1, 0.15) is 17.2 Å². The van der Waals surface area contributed by atoms with Crippen molar-refractivity contribution in [2.45, 2.75) is 95.3 Å². The lowest BCUT2D eigenvalue weighted by molar-refractivity contribution is 0.458. The Morgan fingerprint density at radius 2 is 1.28 bits per heavy atom. The van der Waals surface area contributed by atoms with E-state index < -0.39 is 10.1 Å². The highest BCUT2D eigenvalue weighted by Crippen LogP contribution is 2.30. The average Bonchev–Trinajstić information content (AvgIpc) is 2.76. The SMILES string of the molecule is CCCCCCCCCCCCCCc1ccc(S(=O)(=O)O)cc1Oc1ccc(O)cc1. The Bertz CT molecular complexity index is 891. The lowest BCUT2D eigenvalue weighted by Gasteiger charge is -2.13. The van der Waals surface area contributed by atoms with Crippen molar-refractivity contribution in [3.63, 3.8) is 0 Å². The molecule has 0 spiro atoms. The molecule has 6 heteroatoms. The monoisotopic (exact) mass is 462 g/mol. The first-order chi connectivity index (χ1) is 15.4. The summed E-state index contributed by atoms with van der Waals surface area (Å²) in [5.74, 6) is 1.03. The molecule has 0 heterocycles. The molecule has 0 aliphatic rings. The Morgan fingerprint density at radius 1 is 0.750 bits per heavy atom. The van der Waals surface area contributed by atoms with Gasteiger partial charge in [-0.2, -0.15) is 8.42 Å². The Kier molecular flexibility index (Phi) is 11.6. The lowest BCUT2D eigenvalue weighted by Crippen LogP contribution is -2.00. The van der Waals surface area contributed by atoms with Crippen molar-refractivity contribution in [2.24, 2.45) is 0 Å². The summed E-state index contributed by atoms with van der Waals surface area (Å²) in [6.07, 6.45) is 16.1. The van der Waals surface area contributed by atoms with Gasteiger partial charge in [-0.3, -0.25) is 4.55 Å². The summed E-state index contributed by atoms with van der Waals surface area (Å²) >= 11 is 0. The molecular weight excluding hydrogens is 424 g/mol. The van der Waals surface area contributed by atoms with Crippen LogP contribution in [0.3, 0.4) is 0 Å². The van der Waals surface area contributed by atoms with Crippen molar-refractivity contribution in [3.05, 3.63) is 48.0 Å². The third kappa shape index (κ3) is 10.0. The smallest absolute Gasteiger partial charge is 0.294 e. The average molecular weight is 463 g/mol. The number of aromatic hydroxyl groups is 1. The molecular formula is C26H38O5S. The zero-order chi connectivity index (χ0) is 23.2. The van der Waals surface area contributed by atoms with Crippen molar-refractivity contribution in [1.82, 2.24) is 0 Å². The molecule has 0 aliphatic heterocycles. The lowest BCUT2D eigenvalue weighted by atomic mass is 10.0. The van der Waals surface area contributed by atoms with Crippen LogP contribution in [0, 0.1) is 0 Å². The Hall–Kier alpha value is -2.05. The molecule has 2 N–H and O–H groups in total. The standard InChI is InChI=1S/C26H38O5S/c1-2-3-4-5-6-7-8-9-10-11-12-13-14-22-15-20-25(32(28,29)30)21-26(22)31-24-18-16-23(27)17-19-24/h15-21,27H,2-14H2,1H3,(H,28,29,30). The van der Waals surface area contributed by atoms with Crippen LogP contribution in [0.2, 0.25) is 0 Å². The van der Waals surface area contributed by atoms with Crippen molar-refractivity contribution in [1.29, 1.82) is 0 Å². The van der Waals surface area contributed by atoms with Gasteiger partial charge in [-0.25, -0.2) is 0 Å². The van der Waals surface area contributed by atoms with E-state index in [1.54, 1.807) is 18.2 Å². The van der Waals surface area contributed by atoms with Gasteiger partial charge in [-0.05, 0) is 48.7 Å². The second kappa shape index (κ2) is 14.2. The second-order valence-electron chi connectivity index (χ2n) is 8.48. The van der Waals surface area contributed by atoms with Gasteiger partial charge in [0.15, 0.2) is 0 Å². The first kappa shape index (κ1) is 26.2. The zero-order valence-electron chi connectivity index (χ0n) is 19.3. The summed E-state index contributed by atoms with van der Waals surface area (Å²) in [4.78, 5) is -0.190. The van der Waals surface area contributed by atoms with Crippen LogP contribution in [-0.2, 0) is 16.5 Å². The van der Waals surface area contributed by atoms with Crippen LogP contribution in [0.1, 0.15) is 89.5 Å². The molecule has 0 unspecified atom stereocenters. The van der Waals surface area contributed by atoms with Gasteiger partial charge < -0.3 is 9.84 Å². The van der Waals surface area contributed by atoms with Gasteiger partial charge in [0.25, 0.3) is 10.1 Å². The molecule has 0 bridgehead atoms. The van der Waals surface area contributed by atoms with Crippen LogP contribution in [0.15, 0.2) is 47.4 Å². The number of ether oxygens (including phenoxy) is 1. The van der Waals surface area contributed by atoms with Gasteiger partial charge in [-0.1, -0.05) is 83.6 Å². The molecule has 0 fully saturated rings. The second-order valence-corrected chi connectivity index (χ2v) is 9.90. The third-order valence-electron chi connectivity index (χ3n) is 5.70. The molecule has 0 aromatic heterocycles. The maximum Gasteiger partial charge on any atom is 0.294 e. The van der Waals surface area contributed by atoms with Gasteiger partial charge >= 0.3 is 0 Å². The van der Waals surface area contributed by atoms with E-state index in [0.29, 0.717) is 11.5 Å². The zero-order valence-corrected chi connectivity index (χ0v) is 20.1. The molecule has 0 atom stereocenters. The molecule has 0 amide bonds. The van der Waals surface area contributed by atoms with Gasteiger partial charge in [-0.15, -0.1) is 0 Å². The van der Waals surface area contributed by atoms with E-state index in [2.05, 4.69) is 6.92 Å². The third-order valence-corrected chi connectivity index (χ3v) is 6.55. The highest BCUT2D eigenvalue weighted by atomic mass is 32.2. The van der Waals surface area contributed by atoms with Crippen molar-refractivity contribution >= 4 is 10.1 Å². The van der Waals surface area contributed by atoms with Crippen molar-refractivity contribution in [2.75, 3.05) is 0 Å². The molecule has 32 heavy (non-hydrogen) atoms. The highest BCUT2D eigenvalue weighted by molar-refractivity contribution is 7.85. The number of phenols is 1. The maximum atomic E-state index is 11.5. The van der Waals surface area contributed by atoms with Crippen LogP contribution >= 0.6 is 0 Å². The number of unbranched alkanes of at least 4 members (excludes halogenated alkanes) is 11. The van der Waals surface area contributed by atoms with Gasteiger partial charge in [0.05, 0.1) is 4.90 Å². The minimum Gasteiger partial charge on any atom is -0.508 e. The van der Waals surface area contributed by atoms with E-state index in [1.165, 1.54) is 88.5 Å². The molecule has 2 rings (SSSR count). The molecule has 0 saturated carbocycles. The fourth-order valence-electron chi connectivity index (χ4n) is 3.79. The number of hydrogen-bond acceptors (Lipinski definition) is 4. The minimum atomic E-state index is -4.31. The van der Waals surface area contributed by atoms with E-state index in [0.717, 1.165) is 24.8 Å². The van der Waals surface area contributed by atoms with Crippen molar-refractivity contribution < 1.29 is 22.8 Å². The van der Waals surface area contributed by atoms with Crippen LogP contribution < -0.4 is 4.74 Å². The van der Waals surface area contributed by atoms with Crippen molar-refractivity contribution in [3.8, 4) is 17.2 Å². The fraction of sp³-hybridized carbons (Fsp3) is 0.538. The molecule has 178 valence electrons. The summed E-state index contributed by atoms with van der Waals surface area (Å²) in [6.45, 7) is 2.25. The maximum absolute atomic E-state index is 11.5. The molecule has 2 aromatic rings. The number of phenolic OH excluding ortho intramolecular Hbond substituents is 1. The van der Waals surface area contributed by atoms with E-state index in [9.17, 15) is 18.1 Å². The van der Waals surface area contributed by atoms with E-state index in [-0.39, 0.29) is 10.6 Å². The molecule has 0 aliphatic carbocycles. The first-order valence-electron chi connectivity index (χ1n) is 12.0. The predicted molar refractivity (Wildman–Crippen MR) is 129 cm³/mol. The Morgan fingerprint density at radius 3 is 1.81 bits per heavy atom. The highest BCUT2D eigenvalue weighted by Gasteiger charge is 2.14. The summed E-state index contributed by atoms with van der Waals surface area (Å²) in [7, 11) is -4.31. The summed E-state index contributed by atoms with van der Waals surface area (Å²) in [6, 6.07) is 10.7. The topological polar surface area (TPSA) is 83.8 Å². The summed E-state index contributed by atoms with van der Waals surface area (Å²) in [5.41, 5.74) is 0.901. The largest absolute Gasteiger partial charge is 0.508 e. The molecule has 2 aromatic carbocycles. The van der Waals surface area contributed by atoms with Crippen LogP contribution in [0.5, 0.6) is 17.2 Å². The molecule has 0 saturated heterocycles. The Balaban J connectivity index is 1.78. The van der Waals surface area contributed by atoms with Gasteiger partial charge in [0.2, 0.25) is 0 Å². The first-order valence-corrected chi connectivity index (χ1v) is 13.4. The van der Waals surface area contributed by atoms with Crippen LogP contribution in [0.4, 0.5) is 0 Å². The summed E-state index contributed by atoms with van der Waals surface area (Å²) in [5, 5.41) is 9.44. The number of rotatable bonds is 16. The minimum absolute atomic E-state index is 0.126. The normalized spacial score (nSPS) is 11.6. The van der Waals surface area contributed by atoms with E-state index in [1.807, 2.05) is 0 Å². The van der Waals surface area contributed by atoms with E-state index >= 15 is 0 Å².